The van der Waals surface area contributed by atoms with Crippen LogP contribution in [0.3, 0.4) is 0 Å². The van der Waals surface area contributed by atoms with Gasteiger partial charge in [-0.25, -0.2) is 9.97 Å². The average Bonchev–Trinajstić information content (AvgIpc) is 3.04. The van der Waals surface area contributed by atoms with Crippen molar-refractivity contribution in [2.45, 2.75) is 19.1 Å². The van der Waals surface area contributed by atoms with Gasteiger partial charge in [0.15, 0.2) is 5.65 Å². The molecule has 0 bridgehead atoms. The van der Waals surface area contributed by atoms with Gasteiger partial charge in [0.25, 0.3) is 0 Å². The van der Waals surface area contributed by atoms with Crippen LogP contribution in [0.1, 0.15) is 12.5 Å². The third-order valence-corrected chi connectivity index (χ3v) is 4.44. The van der Waals surface area contributed by atoms with Gasteiger partial charge < -0.3 is 10.2 Å². The van der Waals surface area contributed by atoms with E-state index in [-0.39, 0.29) is 17.4 Å². The maximum atomic E-state index is 13.6. The minimum atomic E-state index is -4.52. The molecule has 1 fully saturated rings. The lowest BCUT2D eigenvalue weighted by atomic mass is 10.1. The predicted molar refractivity (Wildman–Crippen MR) is 91.8 cm³/mol. The van der Waals surface area contributed by atoms with Crippen molar-refractivity contribution in [3.63, 3.8) is 0 Å². The van der Waals surface area contributed by atoms with Gasteiger partial charge in [-0.1, -0.05) is 0 Å². The van der Waals surface area contributed by atoms with Gasteiger partial charge in [-0.05, 0) is 31.2 Å². The second-order valence-corrected chi connectivity index (χ2v) is 6.34. The zero-order chi connectivity index (χ0) is 18.3. The number of aromatic amines is 1. The number of H-pyrrole nitrogens is 1. The van der Waals surface area contributed by atoms with Crippen LogP contribution in [-0.2, 0) is 6.18 Å². The molecule has 9 heteroatoms. The zero-order valence-electron chi connectivity index (χ0n) is 14.0. The van der Waals surface area contributed by atoms with E-state index in [1.165, 1.54) is 6.07 Å². The van der Waals surface area contributed by atoms with Gasteiger partial charge in [0.2, 0.25) is 0 Å². The molecule has 3 aromatic heterocycles. The van der Waals surface area contributed by atoms with E-state index < -0.39 is 11.7 Å². The van der Waals surface area contributed by atoms with E-state index in [0.29, 0.717) is 29.9 Å². The number of nitrogens with zero attached hydrogens (tertiary/aromatic N) is 4. The average molecular weight is 362 g/mol. The Balaban J connectivity index is 1.86. The summed E-state index contributed by atoms with van der Waals surface area (Å²) in [6.45, 7) is 4.16. The van der Waals surface area contributed by atoms with Crippen molar-refractivity contribution < 1.29 is 13.2 Å². The molecule has 1 aliphatic rings. The molecule has 1 aliphatic heterocycles. The van der Waals surface area contributed by atoms with Gasteiger partial charge in [0.05, 0.1) is 5.56 Å². The molecule has 1 atom stereocenters. The van der Waals surface area contributed by atoms with Crippen LogP contribution in [0.5, 0.6) is 0 Å². The molecule has 3 aromatic rings. The molecule has 0 unspecified atom stereocenters. The largest absolute Gasteiger partial charge is 0.418 e. The van der Waals surface area contributed by atoms with Crippen molar-refractivity contribution in [1.82, 2.24) is 25.5 Å². The smallest absolute Gasteiger partial charge is 0.354 e. The van der Waals surface area contributed by atoms with Crippen molar-refractivity contribution in [3.05, 3.63) is 36.0 Å². The van der Waals surface area contributed by atoms with E-state index in [2.05, 4.69) is 25.5 Å². The van der Waals surface area contributed by atoms with Crippen molar-refractivity contribution in [2.24, 2.45) is 0 Å². The Morgan fingerprint density at radius 2 is 2.04 bits per heavy atom. The van der Waals surface area contributed by atoms with Crippen LogP contribution in [0.4, 0.5) is 19.0 Å². The van der Waals surface area contributed by atoms with Crippen LogP contribution in [0, 0.1) is 0 Å². The summed E-state index contributed by atoms with van der Waals surface area (Å²) in [5.41, 5.74) is -0.397. The molecule has 0 aromatic carbocycles. The number of fused-ring (bicyclic) bond motifs is 1. The molecule has 0 aliphatic carbocycles. The van der Waals surface area contributed by atoms with Crippen LogP contribution in [-0.4, -0.2) is 45.8 Å². The molecular weight excluding hydrogens is 345 g/mol. The molecule has 136 valence electrons. The van der Waals surface area contributed by atoms with Crippen LogP contribution in [0.25, 0.3) is 22.4 Å². The molecule has 6 nitrogen and oxygen atoms in total. The lowest BCUT2D eigenvalue weighted by Crippen LogP contribution is -2.49. The van der Waals surface area contributed by atoms with Crippen LogP contribution in [0.15, 0.2) is 30.5 Å². The first-order valence-corrected chi connectivity index (χ1v) is 8.29. The lowest BCUT2D eigenvalue weighted by molar-refractivity contribution is -0.137. The Hall–Kier alpha value is -2.68. The summed E-state index contributed by atoms with van der Waals surface area (Å²) in [4.78, 5) is 10.4. The Morgan fingerprint density at radius 1 is 1.19 bits per heavy atom. The molecule has 1 saturated heterocycles. The Morgan fingerprint density at radius 3 is 2.81 bits per heavy atom. The number of hydrogen-bond donors (Lipinski definition) is 2. The Kier molecular flexibility index (Phi) is 4.03. The Labute approximate surface area is 147 Å². The number of nitrogens with one attached hydrogen (secondary N) is 2. The summed E-state index contributed by atoms with van der Waals surface area (Å²) >= 11 is 0. The fraction of sp³-hybridized carbons (Fsp3) is 0.353. The summed E-state index contributed by atoms with van der Waals surface area (Å²) in [7, 11) is 0. The standard InChI is InChI=1S/C17H17F3N6/c1-10-9-26(8-7-21-10)13-5-4-12(17(18,19)20)15(23-13)14-11-3-2-6-22-16(11)25-24-14/h2-6,10,21H,7-9H2,1H3,(H,22,24,25)/t10-/m1/s1. The van der Waals surface area contributed by atoms with Crippen LogP contribution in [0.2, 0.25) is 0 Å². The van der Waals surface area contributed by atoms with Gasteiger partial charge in [0.1, 0.15) is 17.2 Å². The van der Waals surface area contributed by atoms with Crippen molar-refractivity contribution in [3.8, 4) is 11.4 Å². The van der Waals surface area contributed by atoms with E-state index in [1.54, 1.807) is 18.3 Å². The second-order valence-electron chi connectivity index (χ2n) is 6.34. The summed E-state index contributed by atoms with van der Waals surface area (Å²) in [5, 5.41) is 10.6. The van der Waals surface area contributed by atoms with Crippen LogP contribution >= 0.6 is 0 Å². The minimum Gasteiger partial charge on any atom is -0.354 e. The van der Waals surface area contributed by atoms with Gasteiger partial charge in [-0.2, -0.15) is 18.3 Å². The van der Waals surface area contributed by atoms with Gasteiger partial charge in [0, 0.05) is 37.3 Å². The van der Waals surface area contributed by atoms with Crippen molar-refractivity contribution >= 4 is 16.9 Å². The molecule has 26 heavy (non-hydrogen) atoms. The molecular formula is C17H17F3N6. The van der Waals surface area contributed by atoms with E-state index in [0.717, 1.165) is 12.6 Å². The maximum Gasteiger partial charge on any atom is 0.418 e. The van der Waals surface area contributed by atoms with Crippen LogP contribution < -0.4 is 10.2 Å². The number of anilines is 1. The quantitative estimate of drug-likeness (QED) is 0.734. The molecule has 0 amide bonds. The SMILES string of the molecule is C[C@@H]1CN(c2ccc(C(F)(F)F)c(-c3n[nH]c4ncccc34)n2)CCN1. The van der Waals surface area contributed by atoms with Gasteiger partial charge in [-0.15, -0.1) is 0 Å². The topological polar surface area (TPSA) is 69.7 Å². The van der Waals surface area contributed by atoms with Gasteiger partial charge >= 0.3 is 6.18 Å². The third kappa shape index (κ3) is 2.98. The highest BCUT2D eigenvalue weighted by atomic mass is 19.4. The minimum absolute atomic E-state index is 0.158. The highest BCUT2D eigenvalue weighted by molar-refractivity contribution is 5.90. The van der Waals surface area contributed by atoms with Crippen molar-refractivity contribution in [2.75, 3.05) is 24.5 Å². The number of aromatic nitrogens is 4. The van der Waals surface area contributed by atoms with E-state index in [1.807, 2.05) is 11.8 Å². The fourth-order valence-electron chi connectivity index (χ4n) is 3.21. The number of alkyl halides is 3. The highest BCUT2D eigenvalue weighted by Gasteiger charge is 2.36. The third-order valence-electron chi connectivity index (χ3n) is 4.44. The van der Waals surface area contributed by atoms with E-state index in [4.69, 9.17) is 0 Å². The summed E-state index contributed by atoms with van der Waals surface area (Å²) in [6, 6.07) is 6.10. The summed E-state index contributed by atoms with van der Waals surface area (Å²) < 4.78 is 40.7. The van der Waals surface area contributed by atoms with Crippen molar-refractivity contribution in [1.29, 1.82) is 0 Å². The number of piperazine rings is 1. The maximum absolute atomic E-state index is 13.6. The fourth-order valence-corrected chi connectivity index (χ4v) is 3.21. The molecule has 0 saturated carbocycles. The number of pyridine rings is 2. The highest BCUT2D eigenvalue weighted by Crippen LogP contribution is 2.38. The first-order valence-electron chi connectivity index (χ1n) is 8.29. The molecule has 2 N–H and O–H groups in total. The van der Waals surface area contributed by atoms with Gasteiger partial charge in [-0.3, -0.25) is 5.10 Å². The summed E-state index contributed by atoms with van der Waals surface area (Å²) in [6.07, 6.45) is -2.97. The Bertz CT molecular complexity index is 936. The zero-order valence-corrected chi connectivity index (χ0v) is 14.0. The second kappa shape index (κ2) is 6.24. The number of halogens is 3. The molecule has 0 spiro atoms. The molecule has 4 heterocycles. The number of hydrogen-bond acceptors (Lipinski definition) is 5. The predicted octanol–water partition coefficient (Wildman–Crippen LogP) is 2.84. The number of rotatable bonds is 2. The molecule has 4 rings (SSSR count). The summed E-state index contributed by atoms with van der Waals surface area (Å²) in [5.74, 6) is 0.515. The molecule has 0 radical (unpaired) electrons. The van der Waals surface area contributed by atoms with E-state index in [9.17, 15) is 13.2 Å². The lowest BCUT2D eigenvalue weighted by Gasteiger charge is -2.33. The van der Waals surface area contributed by atoms with E-state index >= 15 is 0 Å². The first-order chi connectivity index (χ1) is 12.4. The first kappa shape index (κ1) is 16.8. The monoisotopic (exact) mass is 362 g/mol. The normalized spacial score (nSPS) is 18.5.